The number of aromatic nitrogens is 1. The van der Waals surface area contributed by atoms with Crippen LogP contribution in [0.5, 0.6) is 0 Å². The highest BCUT2D eigenvalue weighted by Gasteiger charge is 2.23. The van der Waals surface area contributed by atoms with Crippen molar-refractivity contribution < 1.29 is 5.11 Å². The van der Waals surface area contributed by atoms with Gasteiger partial charge >= 0.3 is 0 Å². The van der Waals surface area contributed by atoms with Gasteiger partial charge in [0, 0.05) is 11.8 Å². The van der Waals surface area contributed by atoms with Gasteiger partial charge < -0.3 is 10.8 Å². The summed E-state index contributed by atoms with van der Waals surface area (Å²) in [5.74, 6) is 0. The fraction of sp³-hybridized carbons (Fsp3) is 0.375. The van der Waals surface area contributed by atoms with Crippen molar-refractivity contribution in [3.8, 4) is 0 Å². The summed E-state index contributed by atoms with van der Waals surface area (Å²) in [5, 5.41) is 9.55. The maximum absolute atomic E-state index is 9.05. The number of nitrogens with zero attached hydrogens (tertiary/aromatic N) is 1. The number of aliphatic hydroxyl groups is 1. The Morgan fingerprint density at radius 1 is 1.77 bits per heavy atom. The second kappa shape index (κ2) is 3.92. The SMILES string of the molecule is CC(N)(CO)c1cc(Cl)cnc1Br. The second-order valence-corrected chi connectivity index (χ2v) is 4.26. The van der Waals surface area contributed by atoms with Crippen molar-refractivity contribution in [1.29, 1.82) is 0 Å². The van der Waals surface area contributed by atoms with E-state index in [9.17, 15) is 0 Å². The molecule has 0 amide bonds. The minimum atomic E-state index is -0.823. The summed E-state index contributed by atoms with van der Waals surface area (Å²) < 4.78 is 0.607. The van der Waals surface area contributed by atoms with E-state index >= 15 is 0 Å². The van der Waals surface area contributed by atoms with Crippen LogP contribution in [0.3, 0.4) is 0 Å². The van der Waals surface area contributed by atoms with Crippen molar-refractivity contribution in [1.82, 2.24) is 4.98 Å². The summed E-state index contributed by atoms with van der Waals surface area (Å²) >= 11 is 9.01. The van der Waals surface area contributed by atoms with Crippen LogP contribution in [0.4, 0.5) is 0 Å². The lowest BCUT2D eigenvalue weighted by Crippen LogP contribution is -2.37. The van der Waals surface area contributed by atoms with Gasteiger partial charge in [0.25, 0.3) is 0 Å². The molecule has 1 atom stereocenters. The first-order chi connectivity index (χ1) is 5.97. The Hall–Kier alpha value is -0.160. The zero-order valence-electron chi connectivity index (χ0n) is 7.09. The second-order valence-electron chi connectivity index (χ2n) is 3.07. The van der Waals surface area contributed by atoms with E-state index < -0.39 is 5.54 Å². The summed E-state index contributed by atoms with van der Waals surface area (Å²) in [5.41, 5.74) is 5.70. The van der Waals surface area contributed by atoms with Crippen LogP contribution in [-0.4, -0.2) is 16.7 Å². The van der Waals surface area contributed by atoms with Crippen molar-refractivity contribution in [3.05, 3.63) is 27.5 Å². The van der Waals surface area contributed by atoms with Crippen LogP contribution >= 0.6 is 27.5 Å². The molecular weight excluding hydrogens is 255 g/mol. The first-order valence-electron chi connectivity index (χ1n) is 3.68. The van der Waals surface area contributed by atoms with Crippen molar-refractivity contribution in [2.75, 3.05) is 6.61 Å². The van der Waals surface area contributed by atoms with Crippen molar-refractivity contribution >= 4 is 27.5 Å². The highest BCUT2D eigenvalue weighted by Crippen LogP contribution is 2.26. The molecule has 0 aliphatic heterocycles. The molecule has 0 aliphatic carbocycles. The third-order valence-corrected chi connectivity index (χ3v) is 2.59. The summed E-state index contributed by atoms with van der Waals surface area (Å²) in [6.45, 7) is 1.55. The molecule has 0 bridgehead atoms. The Labute approximate surface area is 90.1 Å². The molecule has 5 heteroatoms. The molecule has 1 rings (SSSR count). The number of rotatable bonds is 2. The lowest BCUT2D eigenvalue weighted by molar-refractivity contribution is 0.209. The standard InChI is InChI=1S/C8H10BrClN2O/c1-8(11,4-13)6-2-5(10)3-12-7(6)9/h2-3,13H,4,11H2,1H3. The number of halogens is 2. The molecule has 0 saturated carbocycles. The summed E-state index contributed by atoms with van der Waals surface area (Å²) in [6.07, 6.45) is 1.52. The Balaban J connectivity index is 3.20. The molecule has 1 unspecified atom stereocenters. The van der Waals surface area contributed by atoms with Gasteiger partial charge in [-0.05, 0) is 28.9 Å². The molecule has 1 aromatic rings. The zero-order valence-corrected chi connectivity index (χ0v) is 9.43. The smallest absolute Gasteiger partial charge is 0.111 e. The van der Waals surface area contributed by atoms with Crippen LogP contribution in [0.25, 0.3) is 0 Å². The molecule has 3 N–H and O–H groups in total. The minimum Gasteiger partial charge on any atom is -0.394 e. The van der Waals surface area contributed by atoms with Crippen LogP contribution in [0.2, 0.25) is 5.02 Å². The number of nitrogens with two attached hydrogens (primary N) is 1. The highest BCUT2D eigenvalue weighted by molar-refractivity contribution is 9.10. The third kappa shape index (κ3) is 2.40. The first kappa shape index (κ1) is 10.9. The van der Waals surface area contributed by atoms with Crippen LogP contribution in [-0.2, 0) is 5.54 Å². The Kier molecular flexibility index (Phi) is 3.29. The molecule has 13 heavy (non-hydrogen) atoms. The van der Waals surface area contributed by atoms with E-state index in [4.69, 9.17) is 22.4 Å². The highest BCUT2D eigenvalue weighted by atomic mass is 79.9. The van der Waals surface area contributed by atoms with Crippen molar-refractivity contribution in [2.45, 2.75) is 12.5 Å². The summed E-state index contributed by atoms with van der Waals surface area (Å²) in [6, 6.07) is 1.69. The van der Waals surface area contributed by atoms with E-state index in [1.54, 1.807) is 13.0 Å². The number of hydrogen-bond acceptors (Lipinski definition) is 3. The fourth-order valence-corrected chi connectivity index (χ4v) is 1.74. The summed E-state index contributed by atoms with van der Waals surface area (Å²) in [7, 11) is 0. The van der Waals surface area contributed by atoms with E-state index in [1.807, 2.05) is 0 Å². The first-order valence-corrected chi connectivity index (χ1v) is 4.86. The van der Waals surface area contributed by atoms with E-state index in [-0.39, 0.29) is 6.61 Å². The molecule has 0 saturated heterocycles. The largest absolute Gasteiger partial charge is 0.394 e. The van der Waals surface area contributed by atoms with Crippen LogP contribution < -0.4 is 5.73 Å². The fourth-order valence-electron chi connectivity index (χ4n) is 0.908. The predicted octanol–water partition coefficient (Wildman–Crippen LogP) is 1.66. The molecular formula is C8H10BrClN2O. The number of pyridine rings is 1. The van der Waals surface area contributed by atoms with Gasteiger partial charge in [0.05, 0.1) is 17.2 Å². The zero-order chi connectivity index (χ0) is 10.1. The van der Waals surface area contributed by atoms with E-state index in [1.165, 1.54) is 6.20 Å². The van der Waals surface area contributed by atoms with Crippen LogP contribution in [0.15, 0.2) is 16.9 Å². The van der Waals surface area contributed by atoms with Crippen molar-refractivity contribution in [2.24, 2.45) is 5.73 Å². The average Bonchev–Trinajstić information content (AvgIpc) is 2.09. The maximum atomic E-state index is 9.05. The summed E-state index contributed by atoms with van der Waals surface area (Å²) in [4.78, 5) is 3.99. The lowest BCUT2D eigenvalue weighted by Gasteiger charge is -2.23. The van der Waals surface area contributed by atoms with Gasteiger partial charge in [0.15, 0.2) is 0 Å². The van der Waals surface area contributed by atoms with E-state index in [2.05, 4.69) is 20.9 Å². The van der Waals surface area contributed by atoms with Gasteiger partial charge in [-0.15, -0.1) is 0 Å². The monoisotopic (exact) mass is 264 g/mol. The minimum absolute atomic E-state index is 0.159. The van der Waals surface area contributed by atoms with Gasteiger partial charge in [-0.25, -0.2) is 4.98 Å². The predicted molar refractivity (Wildman–Crippen MR) is 55.6 cm³/mol. The Morgan fingerprint density at radius 2 is 2.38 bits per heavy atom. The molecule has 0 fully saturated rings. The average molecular weight is 266 g/mol. The lowest BCUT2D eigenvalue weighted by atomic mass is 9.96. The molecule has 1 heterocycles. The van der Waals surface area contributed by atoms with Gasteiger partial charge in [-0.2, -0.15) is 0 Å². The van der Waals surface area contributed by atoms with Crippen LogP contribution in [0, 0.1) is 0 Å². The topological polar surface area (TPSA) is 59.1 Å². The molecule has 1 aromatic heterocycles. The maximum Gasteiger partial charge on any atom is 0.111 e. The van der Waals surface area contributed by atoms with Crippen LogP contribution in [0.1, 0.15) is 12.5 Å². The number of aliphatic hydroxyl groups excluding tert-OH is 1. The molecule has 72 valence electrons. The molecule has 0 aliphatic rings. The van der Waals surface area contributed by atoms with E-state index in [0.29, 0.717) is 15.2 Å². The number of hydrogen-bond donors (Lipinski definition) is 2. The van der Waals surface area contributed by atoms with Gasteiger partial charge in [-0.3, -0.25) is 0 Å². The quantitative estimate of drug-likeness (QED) is 0.800. The normalized spacial score (nSPS) is 15.5. The van der Waals surface area contributed by atoms with Crippen molar-refractivity contribution in [3.63, 3.8) is 0 Å². The third-order valence-electron chi connectivity index (χ3n) is 1.75. The molecule has 3 nitrogen and oxygen atoms in total. The molecule has 0 radical (unpaired) electrons. The van der Waals surface area contributed by atoms with Gasteiger partial charge in [0.2, 0.25) is 0 Å². The Bertz CT molecular complexity index is 317. The molecule has 0 aromatic carbocycles. The van der Waals surface area contributed by atoms with Gasteiger partial charge in [-0.1, -0.05) is 11.6 Å². The van der Waals surface area contributed by atoms with Gasteiger partial charge in [0.1, 0.15) is 4.60 Å². The molecule has 0 spiro atoms. The Morgan fingerprint density at radius 3 is 2.92 bits per heavy atom. The van der Waals surface area contributed by atoms with E-state index in [0.717, 1.165) is 0 Å².